The third-order valence-electron chi connectivity index (χ3n) is 1.89. The van der Waals surface area contributed by atoms with Crippen molar-refractivity contribution in [1.29, 1.82) is 0 Å². The number of rotatable bonds is 8. The second kappa shape index (κ2) is 8.48. The molecule has 0 aliphatic heterocycles. The van der Waals surface area contributed by atoms with Gasteiger partial charge in [0.25, 0.3) is 0 Å². The lowest BCUT2D eigenvalue weighted by Crippen LogP contribution is -2.45. The highest BCUT2D eigenvalue weighted by atomic mass is 16.5. The molecule has 0 atom stereocenters. The predicted octanol–water partition coefficient (Wildman–Crippen LogP) is 1.55. The van der Waals surface area contributed by atoms with Crippen molar-refractivity contribution in [2.75, 3.05) is 26.3 Å². The highest BCUT2D eigenvalue weighted by molar-refractivity contribution is 5.78. The van der Waals surface area contributed by atoms with Crippen LogP contribution in [-0.2, 0) is 9.53 Å². The van der Waals surface area contributed by atoms with Crippen molar-refractivity contribution in [1.82, 2.24) is 10.6 Å². The van der Waals surface area contributed by atoms with Crippen molar-refractivity contribution in [3.05, 3.63) is 0 Å². The molecule has 0 bridgehead atoms. The summed E-state index contributed by atoms with van der Waals surface area (Å²) in [6.07, 6.45) is 0.940. The van der Waals surface area contributed by atoms with Gasteiger partial charge in [-0.25, -0.2) is 0 Å². The Kier molecular flexibility index (Phi) is 8.17. The maximum atomic E-state index is 11.4. The summed E-state index contributed by atoms with van der Waals surface area (Å²) in [6, 6.07) is 0. The number of hydrogen-bond donors (Lipinski definition) is 2. The van der Waals surface area contributed by atoms with Crippen molar-refractivity contribution in [2.24, 2.45) is 5.92 Å². The summed E-state index contributed by atoms with van der Waals surface area (Å²) in [6.45, 7) is 13.0. The molecule has 0 fully saturated rings. The fourth-order valence-electron chi connectivity index (χ4n) is 1.28. The van der Waals surface area contributed by atoms with Gasteiger partial charge in [-0.2, -0.15) is 0 Å². The van der Waals surface area contributed by atoms with Gasteiger partial charge in [-0.1, -0.05) is 13.8 Å². The Hall–Kier alpha value is -0.610. The molecule has 2 N–H and O–H groups in total. The first kappa shape index (κ1) is 16.4. The molecule has 4 nitrogen and oxygen atoms in total. The van der Waals surface area contributed by atoms with E-state index in [1.165, 1.54) is 0 Å². The Morgan fingerprint density at radius 1 is 1.29 bits per heavy atom. The SMILES string of the molecule is CC(C)COCCCNCC(=O)NC(C)(C)C. The van der Waals surface area contributed by atoms with E-state index in [-0.39, 0.29) is 11.4 Å². The zero-order chi connectivity index (χ0) is 13.3. The first-order valence-corrected chi connectivity index (χ1v) is 6.41. The van der Waals surface area contributed by atoms with Crippen LogP contribution in [0.1, 0.15) is 41.0 Å². The number of hydrogen-bond acceptors (Lipinski definition) is 3. The van der Waals surface area contributed by atoms with Gasteiger partial charge in [-0.3, -0.25) is 4.79 Å². The second-order valence-corrected chi connectivity index (χ2v) is 5.80. The van der Waals surface area contributed by atoms with Crippen LogP contribution in [0.2, 0.25) is 0 Å². The molecular formula is C13H28N2O2. The summed E-state index contributed by atoms with van der Waals surface area (Å²) in [4.78, 5) is 11.4. The van der Waals surface area contributed by atoms with Crippen molar-refractivity contribution < 1.29 is 9.53 Å². The second-order valence-electron chi connectivity index (χ2n) is 5.80. The Bertz CT molecular complexity index is 210. The Balaban J connectivity index is 3.31. The number of carbonyl (C=O) groups excluding carboxylic acids is 1. The molecule has 0 spiro atoms. The van der Waals surface area contributed by atoms with Crippen LogP contribution < -0.4 is 10.6 Å². The van der Waals surface area contributed by atoms with Gasteiger partial charge in [-0.15, -0.1) is 0 Å². The van der Waals surface area contributed by atoms with Crippen molar-refractivity contribution in [3.63, 3.8) is 0 Å². The van der Waals surface area contributed by atoms with E-state index >= 15 is 0 Å². The van der Waals surface area contributed by atoms with Crippen LogP contribution in [0.5, 0.6) is 0 Å². The smallest absolute Gasteiger partial charge is 0.234 e. The predicted molar refractivity (Wildman–Crippen MR) is 71.0 cm³/mol. The van der Waals surface area contributed by atoms with E-state index in [1.54, 1.807) is 0 Å². The van der Waals surface area contributed by atoms with E-state index in [4.69, 9.17) is 4.74 Å². The van der Waals surface area contributed by atoms with Crippen LogP contribution in [0.3, 0.4) is 0 Å². The van der Waals surface area contributed by atoms with Crippen LogP contribution in [0.4, 0.5) is 0 Å². The molecular weight excluding hydrogens is 216 g/mol. The first-order chi connectivity index (χ1) is 7.81. The van der Waals surface area contributed by atoms with E-state index in [9.17, 15) is 4.79 Å². The van der Waals surface area contributed by atoms with Gasteiger partial charge in [0, 0.05) is 18.8 Å². The van der Waals surface area contributed by atoms with Gasteiger partial charge < -0.3 is 15.4 Å². The highest BCUT2D eigenvalue weighted by Crippen LogP contribution is 1.97. The number of amides is 1. The fourth-order valence-corrected chi connectivity index (χ4v) is 1.28. The maximum Gasteiger partial charge on any atom is 0.234 e. The van der Waals surface area contributed by atoms with Crippen LogP contribution in [0.15, 0.2) is 0 Å². The zero-order valence-corrected chi connectivity index (χ0v) is 11.9. The quantitative estimate of drug-likeness (QED) is 0.637. The molecule has 0 saturated carbocycles. The molecule has 0 unspecified atom stereocenters. The normalized spacial score (nSPS) is 11.9. The minimum Gasteiger partial charge on any atom is -0.381 e. The van der Waals surface area contributed by atoms with E-state index < -0.39 is 0 Å². The summed E-state index contributed by atoms with van der Waals surface area (Å²) in [5.41, 5.74) is -0.154. The van der Waals surface area contributed by atoms with Crippen molar-refractivity contribution in [3.8, 4) is 0 Å². The number of ether oxygens (including phenoxy) is 1. The van der Waals surface area contributed by atoms with Gasteiger partial charge in [0.15, 0.2) is 0 Å². The molecule has 4 heteroatoms. The number of nitrogens with one attached hydrogen (secondary N) is 2. The lowest BCUT2D eigenvalue weighted by molar-refractivity contribution is -0.121. The summed E-state index contributed by atoms with van der Waals surface area (Å²) in [5, 5.41) is 6.01. The molecule has 0 aromatic carbocycles. The molecule has 0 aliphatic carbocycles. The molecule has 0 aliphatic rings. The molecule has 0 aromatic rings. The van der Waals surface area contributed by atoms with Crippen LogP contribution in [0, 0.1) is 5.92 Å². The zero-order valence-electron chi connectivity index (χ0n) is 11.9. The molecule has 0 rings (SSSR count). The fraction of sp³-hybridized carbons (Fsp3) is 0.923. The molecule has 0 aromatic heterocycles. The average molecular weight is 244 g/mol. The standard InChI is InChI=1S/C13H28N2O2/c1-11(2)10-17-8-6-7-14-9-12(16)15-13(3,4)5/h11,14H,6-10H2,1-5H3,(H,15,16). The number of carbonyl (C=O) groups is 1. The minimum absolute atomic E-state index is 0.0422. The van der Waals surface area contributed by atoms with Gasteiger partial charge in [0.05, 0.1) is 6.54 Å². The van der Waals surface area contributed by atoms with Crippen LogP contribution in [-0.4, -0.2) is 37.7 Å². The average Bonchev–Trinajstić information content (AvgIpc) is 2.12. The minimum atomic E-state index is -0.154. The lowest BCUT2D eigenvalue weighted by atomic mass is 10.1. The van der Waals surface area contributed by atoms with E-state index in [0.717, 1.165) is 26.2 Å². The molecule has 0 heterocycles. The third kappa shape index (κ3) is 13.3. The highest BCUT2D eigenvalue weighted by Gasteiger charge is 2.12. The van der Waals surface area contributed by atoms with Crippen LogP contribution >= 0.6 is 0 Å². The van der Waals surface area contributed by atoms with Gasteiger partial charge in [-0.05, 0) is 39.7 Å². The van der Waals surface area contributed by atoms with Gasteiger partial charge in [0.2, 0.25) is 5.91 Å². The molecule has 17 heavy (non-hydrogen) atoms. The Labute approximate surface area is 105 Å². The molecule has 1 amide bonds. The molecule has 0 saturated heterocycles. The summed E-state index contributed by atoms with van der Waals surface area (Å²) >= 11 is 0. The third-order valence-corrected chi connectivity index (χ3v) is 1.89. The largest absolute Gasteiger partial charge is 0.381 e. The lowest BCUT2D eigenvalue weighted by Gasteiger charge is -2.20. The van der Waals surface area contributed by atoms with E-state index in [2.05, 4.69) is 24.5 Å². The van der Waals surface area contributed by atoms with Crippen molar-refractivity contribution >= 4 is 5.91 Å². The van der Waals surface area contributed by atoms with E-state index in [0.29, 0.717) is 12.5 Å². The Morgan fingerprint density at radius 3 is 2.47 bits per heavy atom. The van der Waals surface area contributed by atoms with Crippen molar-refractivity contribution in [2.45, 2.75) is 46.6 Å². The molecule has 0 radical (unpaired) electrons. The van der Waals surface area contributed by atoms with Gasteiger partial charge >= 0.3 is 0 Å². The topological polar surface area (TPSA) is 50.4 Å². The van der Waals surface area contributed by atoms with E-state index in [1.807, 2.05) is 20.8 Å². The maximum absolute atomic E-state index is 11.4. The molecule has 102 valence electrons. The summed E-state index contributed by atoms with van der Waals surface area (Å²) in [7, 11) is 0. The summed E-state index contributed by atoms with van der Waals surface area (Å²) < 4.78 is 5.44. The first-order valence-electron chi connectivity index (χ1n) is 6.41. The Morgan fingerprint density at radius 2 is 1.94 bits per heavy atom. The monoisotopic (exact) mass is 244 g/mol. The van der Waals surface area contributed by atoms with Gasteiger partial charge in [0.1, 0.15) is 0 Å². The van der Waals surface area contributed by atoms with Crippen LogP contribution in [0.25, 0.3) is 0 Å². The summed E-state index contributed by atoms with van der Waals surface area (Å²) in [5.74, 6) is 0.626.